The highest BCUT2D eigenvalue weighted by atomic mass is 32.1. The minimum Gasteiger partial charge on any atom is -0.394 e. The molecule has 4 atom stereocenters. The van der Waals surface area contributed by atoms with Crippen molar-refractivity contribution in [1.29, 1.82) is 0 Å². The molecule has 94 valence electrons. The quantitative estimate of drug-likeness (QED) is 0.475. The van der Waals surface area contributed by atoms with E-state index in [0.29, 0.717) is 0 Å². The van der Waals surface area contributed by atoms with Gasteiger partial charge in [0.1, 0.15) is 11.9 Å². The second kappa shape index (κ2) is 4.65. The summed E-state index contributed by atoms with van der Waals surface area (Å²) >= 11 is 4.18. The summed E-state index contributed by atoms with van der Waals surface area (Å²) in [6.07, 6.45) is -1.05. The highest BCUT2D eigenvalue weighted by molar-refractivity contribution is 7.81. The Morgan fingerprint density at radius 2 is 2.35 bits per heavy atom. The molecule has 0 aromatic carbocycles. The van der Waals surface area contributed by atoms with Gasteiger partial charge in [-0.05, 0) is 6.07 Å². The molecule has 0 saturated carbocycles. The molecule has 2 heterocycles. The zero-order valence-corrected chi connectivity index (χ0v) is 9.70. The van der Waals surface area contributed by atoms with Crippen molar-refractivity contribution in [3.63, 3.8) is 0 Å². The van der Waals surface area contributed by atoms with Crippen molar-refractivity contribution in [2.45, 2.75) is 23.7 Å². The van der Waals surface area contributed by atoms with Gasteiger partial charge in [-0.1, -0.05) is 0 Å². The molecular weight excluding hydrogens is 246 g/mol. The number of rotatable bonds is 2. The van der Waals surface area contributed by atoms with Crippen molar-refractivity contribution < 1.29 is 14.9 Å². The van der Waals surface area contributed by atoms with E-state index in [-0.39, 0.29) is 12.4 Å². The van der Waals surface area contributed by atoms with E-state index in [1.807, 2.05) is 0 Å². The molecule has 4 N–H and O–H groups in total. The fraction of sp³-hybridized carbons (Fsp3) is 0.556. The monoisotopic (exact) mass is 259 g/mol. The Bertz CT molecular complexity index is 466. The molecule has 0 aliphatic carbocycles. The molecule has 7 nitrogen and oxygen atoms in total. The number of aliphatic hydroxyl groups excluding tert-OH is 2. The standard InChI is InChI=1S/C9H13N3O4S/c10-5-1-2-12(9(15)11-5)8-7(17)6(14)4(3-13)16-8/h1-2,4,6-8,13-14,17H,3H2,(H2,10,11,15)/t4-,6-,7+,8-/m1/s1. The van der Waals surface area contributed by atoms with Crippen LogP contribution in [0.1, 0.15) is 6.23 Å². The second-order valence-corrected chi connectivity index (χ2v) is 4.37. The van der Waals surface area contributed by atoms with Gasteiger partial charge >= 0.3 is 5.69 Å². The molecule has 0 spiro atoms. The molecular formula is C9H13N3O4S. The number of hydrogen-bond acceptors (Lipinski definition) is 7. The predicted molar refractivity (Wildman–Crippen MR) is 62.7 cm³/mol. The van der Waals surface area contributed by atoms with Crippen LogP contribution in [0.3, 0.4) is 0 Å². The van der Waals surface area contributed by atoms with Crippen molar-refractivity contribution in [3.8, 4) is 0 Å². The number of aromatic nitrogens is 2. The lowest BCUT2D eigenvalue weighted by atomic mass is 10.2. The zero-order chi connectivity index (χ0) is 12.6. The summed E-state index contributed by atoms with van der Waals surface area (Å²) in [6, 6.07) is 1.45. The highest BCUT2D eigenvalue weighted by Crippen LogP contribution is 2.31. The van der Waals surface area contributed by atoms with Crippen LogP contribution in [-0.2, 0) is 4.74 Å². The first kappa shape index (κ1) is 12.4. The van der Waals surface area contributed by atoms with Gasteiger partial charge in [0.05, 0.1) is 18.0 Å². The first-order chi connectivity index (χ1) is 8.04. The average Bonchev–Trinajstić information content (AvgIpc) is 2.57. The molecule has 1 fully saturated rings. The van der Waals surface area contributed by atoms with Gasteiger partial charge in [-0.3, -0.25) is 4.57 Å². The Kier molecular flexibility index (Phi) is 3.38. The van der Waals surface area contributed by atoms with Gasteiger partial charge < -0.3 is 20.7 Å². The van der Waals surface area contributed by atoms with Gasteiger partial charge in [0.2, 0.25) is 0 Å². The van der Waals surface area contributed by atoms with Crippen molar-refractivity contribution in [2.75, 3.05) is 12.3 Å². The van der Waals surface area contributed by atoms with E-state index in [9.17, 15) is 9.90 Å². The van der Waals surface area contributed by atoms with Crippen LogP contribution in [0, 0.1) is 0 Å². The van der Waals surface area contributed by atoms with Crippen LogP contribution in [-0.4, -0.2) is 43.8 Å². The minimum absolute atomic E-state index is 0.110. The Labute approximate surface area is 102 Å². The lowest BCUT2D eigenvalue weighted by molar-refractivity contribution is -0.0456. The molecule has 0 unspecified atom stereocenters. The molecule has 8 heteroatoms. The molecule has 2 rings (SSSR count). The number of hydrogen-bond donors (Lipinski definition) is 4. The van der Waals surface area contributed by atoms with E-state index in [1.54, 1.807) is 0 Å². The Morgan fingerprint density at radius 3 is 2.88 bits per heavy atom. The summed E-state index contributed by atoms with van der Waals surface area (Å²) in [4.78, 5) is 15.1. The van der Waals surface area contributed by atoms with E-state index in [4.69, 9.17) is 15.6 Å². The molecule has 1 aliphatic heterocycles. The molecule has 0 amide bonds. The number of nitrogens with zero attached hydrogens (tertiary/aromatic N) is 2. The van der Waals surface area contributed by atoms with Crippen LogP contribution in [0.15, 0.2) is 17.1 Å². The summed E-state index contributed by atoms with van der Waals surface area (Å²) in [5.41, 5.74) is 4.78. The Balaban J connectivity index is 2.32. The summed E-state index contributed by atoms with van der Waals surface area (Å²) in [7, 11) is 0. The third-order valence-corrected chi connectivity index (χ3v) is 3.20. The van der Waals surface area contributed by atoms with Crippen molar-refractivity contribution >= 4 is 18.4 Å². The normalized spacial score (nSPS) is 32.9. The largest absolute Gasteiger partial charge is 0.394 e. The molecule has 1 saturated heterocycles. The highest BCUT2D eigenvalue weighted by Gasteiger charge is 2.42. The Hall–Kier alpha value is -1.09. The maximum Gasteiger partial charge on any atom is 0.351 e. The van der Waals surface area contributed by atoms with Crippen molar-refractivity contribution in [2.24, 2.45) is 0 Å². The number of thiol groups is 1. The SMILES string of the molecule is Nc1ccn([C@@H]2O[C@H](CO)[C@@H](O)[C@@H]2S)c(=O)n1. The van der Waals surface area contributed by atoms with Crippen molar-refractivity contribution in [1.82, 2.24) is 9.55 Å². The maximum atomic E-state index is 11.6. The van der Waals surface area contributed by atoms with E-state index in [0.717, 1.165) is 0 Å². The first-order valence-electron chi connectivity index (χ1n) is 5.01. The number of aliphatic hydroxyl groups is 2. The molecule has 1 aromatic heterocycles. The van der Waals surface area contributed by atoms with E-state index < -0.39 is 29.4 Å². The van der Waals surface area contributed by atoms with Crippen LogP contribution in [0.2, 0.25) is 0 Å². The molecule has 1 aromatic rings. The first-order valence-corrected chi connectivity index (χ1v) is 5.53. The topological polar surface area (TPSA) is 111 Å². The number of anilines is 1. The fourth-order valence-electron chi connectivity index (χ4n) is 1.73. The van der Waals surface area contributed by atoms with Gasteiger partial charge in [-0.15, -0.1) is 0 Å². The van der Waals surface area contributed by atoms with Gasteiger partial charge in [0, 0.05) is 6.20 Å². The van der Waals surface area contributed by atoms with E-state index >= 15 is 0 Å². The predicted octanol–water partition coefficient (Wildman–Crippen LogP) is -1.63. The summed E-state index contributed by atoms with van der Waals surface area (Å²) in [5.74, 6) is 0.110. The number of nitrogens with two attached hydrogens (primary N) is 1. The third-order valence-electron chi connectivity index (χ3n) is 2.64. The van der Waals surface area contributed by atoms with Gasteiger partial charge in [-0.25, -0.2) is 4.79 Å². The van der Waals surface area contributed by atoms with E-state index in [2.05, 4.69) is 17.6 Å². The molecule has 17 heavy (non-hydrogen) atoms. The zero-order valence-electron chi connectivity index (χ0n) is 8.80. The van der Waals surface area contributed by atoms with Crippen LogP contribution in [0.4, 0.5) is 5.82 Å². The second-order valence-electron chi connectivity index (χ2n) is 3.77. The van der Waals surface area contributed by atoms with Gasteiger partial charge in [-0.2, -0.15) is 17.6 Å². The number of ether oxygens (including phenoxy) is 1. The lowest BCUT2D eigenvalue weighted by Crippen LogP contribution is -2.33. The molecule has 0 bridgehead atoms. The van der Waals surface area contributed by atoms with Crippen LogP contribution in [0.5, 0.6) is 0 Å². The van der Waals surface area contributed by atoms with Crippen LogP contribution >= 0.6 is 12.6 Å². The average molecular weight is 259 g/mol. The van der Waals surface area contributed by atoms with Gasteiger partial charge in [0.25, 0.3) is 0 Å². The fourth-order valence-corrected chi connectivity index (χ4v) is 2.14. The van der Waals surface area contributed by atoms with Crippen molar-refractivity contribution in [3.05, 3.63) is 22.7 Å². The molecule has 1 aliphatic rings. The summed E-state index contributed by atoms with van der Waals surface area (Å²) in [6.45, 7) is -0.341. The summed E-state index contributed by atoms with van der Waals surface area (Å²) in [5, 5.41) is 18.1. The maximum absolute atomic E-state index is 11.6. The Morgan fingerprint density at radius 1 is 1.65 bits per heavy atom. The lowest BCUT2D eigenvalue weighted by Gasteiger charge is -2.17. The third kappa shape index (κ3) is 2.16. The van der Waals surface area contributed by atoms with Gasteiger partial charge in [0.15, 0.2) is 6.23 Å². The molecule has 0 radical (unpaired) electrons. The van der Waals surface area contributed by atoms with E-state index in [1.165, 1.54) is 16.8 Å². The smallest absolute Gasteiger partial charge is 0.351 e. The van der Waals surface area contributed by atoms with Crippen LogP contribution in [0.25, 0.3) is 0 Å². The number of nitrogen functional groups attached to an aromatic ring is 1. The minimum atomic E-state index is -0.946. The van der Waals surface area contributed by atoms with Crippen LogP contribution < -0.4 is 11.4 Å². The summed E-state index contributed by atoms with van der Waals surface area (Å²) < 4.78 is 6.54.